The molecule has 2 rings (SSSR count). The molecule has 1 aromatic carbocycles. The molecule has 1 atom stereocenters. The molecule has 1 aliphatic rings. The monoisotopic (exact) mass is 267 g/mol. The average Bonchev–Trinajstić information content (AvgIpc) is 2.68. The maximum Gasteiger partial charge on any atom is 0.322 e. The molecule has 1 fully saturated rings. The number of halogens is 1. The van der Waals surface area contributed by atoms with Crippen LogP contribution in [0.2, 0.25) is 5.02 Å². The first-order valence-corrected chi connectivity index (χ1v) is 6.48. The Bertz CT molecular complexity index is 450. The van der Waals surface area contributed by atoms with Crippen molar-refractivity contribution in [2.75, 3.05) is 25.0 Å². The number of rotatable bonds is 4. The third-order valence-corrected chi connectivity index (χ3v) is 3.40. The minimum absolute atomic E-state index is 0.0264. The number of hydrogen-bond acceptors (Lipinski definition) is 2. The Morgan fingerprint density at radius 3 is 3.00 bits per heavy atom. The molecule has 1 saturated heterocycles. The van der Waals surface area contributed by atoms with Gasteiger partial charge in [-0.2, -0.15) is 0 Å². The standard InChI is InChI=1S/C13H18ClN3O/c1-9-7-10(14)3-4-12(9)17-8-11(5-6-15-2)16-13(17)18/h3-4,7,11,15H,5-6,8H2,1-2H3,(H,16,18). The highest BCUT2D eigenvalue weighted by Crippen LogP contribution is 2.26. The van der Waals surface area contributed by atoms with E-state index in [-0.39, 0.29) is 12.1 Å². The summed E-state index contributed by atoms with van der Waals surface area (Å²) in [6, 6.07) is 5.78. The Balaban J connectivity index is 2.11. The van der Waals surface area contributed by atoms with Gasteiger partial charge in [0, 0.05) is 23.3 Å². The van der Waals surface area contributed by atoms with E-state index in [0.29, 0.717) is 11.6 Å². The highest BCUT2D eigenvalue weighted by molar-refractivity contribution is 6.30. The molecule has 0 saturated carbocycles. The lowest BCUT2D eigenvalue weighted by Gasteiger charge is -2.17. The SMILES string of the molecule is CNCCC1CN(c2ccc(Cl)cc2C)C(=O)N1. The lowest BCUT2D eigenvalue weighted by Crippen LogP contribution is -2.30. The molecule has 5 heteroatoms. The van der Waals surface area contributed by atoms with Gasteiger partial charge in [0.1, 0.15) is 0 Å². The number of nitrogens with one attached hydrogen (secondary N) is 2. The van der Waals surface area contributed by atoms with Crippen molar-refractivity contribution in [3.8, 4) is 0 Å². The van der Waals surface area contributed by atoms with E-state index in [1.807, 2.05) is 32.2 Å². The molecule has 2 N–H and O–H groups in total. The fraction of sp³-hybridized carbons (Fsp3) is 0.462. The van der Waals surface area contributed by atoms with Gasteiger partial charge in [0.05, 0.1) is 0 Å². The van der Waals surface area contributed by atoms with Crippen LogP contribution in [0.15, 0.2) is 18.2 Å². The van der Waals surface area contributed by atoms with Gasteiger partial charge in [0.2, 0.25) is 0 Å². The van der Waals surface area contributed by atoms with Crippen LogP contribution in [0.3, 0.4) is 0 Å². The summed E-state index contributed by atoms with van der Waals surface area (Å²) in [6.07, 6.45) is 0.936. The molecule has 1 unspecified atom stereocenters. The second-order valence-corrected chi connectivity index (χ2v) is 5.02. The Labute approximate surface area is 112 Å². The minimum Gasteiger partial charge on any atom is -0.333 e. The summed E-state index contributed by atoms with van der Waals surface area (Å²) in [5.74, 6) is 0. The van der Waals surface area contributed by atoms with Gasteiger partial charge in [-0.1, -0.05) is 11.6 Å². The number of aryl methyl sites for hydroxylation is 1. The van der Waals surface area contributed by atoms with Crippen molar-refractivity contribution in [2.24, 2.45) is 0 Å². The predicted octanol–water partition coefficient (Wildman–Crippen LogP) is 2.16. The Kier molecular flexibility index (Phi) is 4.09. The molecule has 0 aromatic heterocycles. The van der Waals surface area contributed by atoms with Crippen LogP contribution in [0.25, 0.3) is 0 Å². The lowest BCUT2D eigenvalue weighted by atomic mass is 10.1. The molecule has 0 spiro atoms. The summed E-state index contributed by atoms with van der Waals surface area (Å²) in [5, 5.41) is 6.79. The van der Waals surface area contributed by atoms with Gasteiger partial charge in [-0.05, 0) is 50.7 Å². The summed E-state index contributed by atoms with van der Waals surface area (Å²) >= 11 is 5.93. The summed E-state index contributed by atoms with van der Waals surface area (Å²) in [6.45, 7) is 3.58. The van der Waals surface area contributed by atoms with Crippen molar-refractivity contribution in [1.82, 2.24) is 10.6 Å². The molecule has 2 amide bonds. The fourth-order valence-corrected chi connectivity index (χ4v) is 2.44. The second kappa shape index (κ2) is 5.59. The van der Waals surface area contributed by atoms with Crippen LogP contribution >= 0.6 is 11.6 Å². The van der Waals surface area contributed by atoms with Gasteiger partial charge in [0.15, 0.2) is 0 Å². The van der Waals surface area contributed by atoms with Crippen LogP contribution in [0.4, 0.5) is 10.5 Å². The summed E-state index contributed by atoms with van der Waals surface area (Å²) in [4.78, 5) is 13.7. The number of hydrogen-bond donors (Lipinski definition) is 2. The minimum atomic E-state index is -0.0264. The maximum atomic E-state index is 11.9. The molecule has 0 radical (unpaired) electrons. The number of carbonyl (C=O) groups is 1. The Morgan fingerprint density at radius 1 is 1.56 bits per heavy atom. The van der Waals surface area contributed by atoms with Crippen molar-refractivity contribution in [2.45, 2.75) is 19.4 Å². The van der Waals surface area contributed by atoms with E-state index in [0.717, 1.165) is 24.2 Å². The zero-order valence-electron chi connectivity index (χ0n) is 10.7. The first-order chi connectivity index (χ1) is 8.61. The van der Waals surface area contributed by atoms with Gasteiger partial charge < -0.3 is 10.6 Å². The normalized spacial score (nSPS) is 19.2. The lowest BCUT2D eigenvalue weighted by molar-refractivity contribution is 0.250. The fourth-order valence-electron chi connectivity index (χ4n) is 2.21. The number of amides is 2. The van der Waals surface area contributed by atoms with E-state index in [9.17, 15) is 4.79 Å². The number of carbonyl (C=O) groups excluding carboxylic acids is 1. The molecule has 0 bridgehead atoms. The third-order valence-electron chi connectivity index (χ3n) is 3.17. The molecule has 0 aliphatic carbocycles. The van der Waals surface area contributed by atoms with Crippen LogP contribution in [-0.2, 0) is 0 Å². The van der Waals surface area contributed by atoms with Crippen molar-refractivity contribution in [3.63, 3.8) is 0 Å². The zero-order chi connectivity index (χ0) is 13.1. The van der Waals surface area contributed by atoms with Gasteiger partial charge in [-0.15, -0.1) is 0 Å². The number of nitrogens with zero attached hydrogens (tertiary/aromatic N) is 1. The molecular weight excluding hydrogens is 250 g/mol. The van der Waals surface area contributed by atoms with Crippen molar-refractivity contribution in [1.29, 1.82) is 0 Å². The molecular formula is C13H18ClN3O. The van der Waals surface area contributed by atoms with Crippen LogP contribution in [0.1, 0.15) is 12.0 Å². The molecule has 98 valence electrons. The average molecular weight is 268 g/mol. The van der Waals surface area contributed by atoms with Crippen molar-refractivity contribution >= 4 is 23.3 Å². The van der Waals surface area contributed by atoms with E-state index in [2.05, 4.69) is 10.6 Å². The van der Waals surface area contributed by atoms with Crippen molar-refractivity contribution in [3.05, 3.63) is 28.8 Å². The first-order valence-electron chi connectivity index (χ1n) is 6.10. The topological polar surface area (TPSA) is 44.4 Å². The largest absolute Gasteiger partial charge is 0.333 e. The van der Waals surface area contributed by atoms with Gasteiger partial charge in [-0.3, -0.25) is 4.90 Å². The number of anilines is 1. The second-order valence-electron chi connectivity index (χ2n) is 4.58. The zero-order valence-corrected chi connectivity index (χ0v) is 11.4. The van der Waals surface area contributed by atoms with Gasteiger partial charge in [-0.25, -0.2) is 4.79 Å². The predicted molar refractivity (Wildman–Crippen MR) is 74.4 cm³/mol. The summed E-state index contributed by atoms with van der Waals surface area (Å²) < 4.78 is 0. The van der Waals surface area contributed by atoms with E-state index >= 15 is 0 Å². The van der Waals surface area contributed by atoms with Crippen LogP contribution < -0.4 is 15.5 Å². The molecule has 1 heterocycles. The first kappa shape index (κ1) is 13.2. The third kappa shape index (κ3) is 2.76. The summed E-state index contributed by atoms with van der Waals surface area (Å²) in [7, 11) is 1.91. The van der Waals surface area contributed by atoms with Gasteiger partial charge >= 0.3 is 6.03 Å². The molecule has 4 nitrogen and oxygen atoms in total. The number of urea groups is 1. The summed E-state index contributed by atoms with van der Waals surface area (Å²) in [5.41, 5.74) is 1.95. The van der Waals surface area contributed by atoms with E-state index in [4.69, 9.17) is 11.6 Å². The number of benzene rings is 1. The Morgan fingerprint density at radius 2 is 2.33 bits per heavy atom. The quantitative estimate of drug-likeness (QED) is 0.878. The molecule has 18 heavy (non-hydrogen) atoms. The maximum absolute atomic E-state index is 11.9. The van der Waals surface area contributed by atoms with Crippen LogP contribution in [-0.4, -0.2) is 32.2 Å². The van der Waals surface area contributed by atoms with E-state index in [1.54, 1.807) is 4.90 Å². The van der Waals surface area contributed by atoms with Crippen molar-refractivity contribution < 1.29 is 4.79 Å². The highest BCUT2D eigenvalue weighted by Gasteiger charge is 2.29. The van der Waals surface area contributed by atoms with E-state index in [1.165, 1.54) is 0 Å². The van der Waals surface area contributed by atoms with Gasteiger partial charge in [0.25, 0.3) is 0 Å². The Hall–Kier alpha value is -1.26. The molecule has 1 aliphatic heterocycles. The molecule has 1 aromatic rings. The smallest absolute Gasteiger partial charge is 0.322 e. The van der Waals surface area contributed by atoms with E-state index < -0.39 is 0 Å². The highest BCUT2D eigenvalue weighted by atomic mass is 35.5. The van der Waals surface area contributed by atoms with Crippen LogP contribution in [0, 0.1) is 6.92 Å². The van der Waals surface area contributed by atoms with Crippen LogP contribution in [0.5, 0.6) is 0 Å².